The summed E-state index contributed by atoms with van der Waals surface area (Å²) in [5.41, 5.74) is 9.46. The van der Waals surface area contributed by atoms with Gasteiger partial charge in [-0.1, -0.05) is 21.0 Å². The van der Waals surface area contributed by atoms with Crippen molar-refractivity contribution in [3.8, 4) is 5.75 Å². The molecule has 18 heavy (non-hydrogen) atoms. The van der Waals surface area contributed by atoms with E-state index in [9.17, 15) is 0 Å². The monoisotopic (exact) mass is 376 g/mol. The Labute approximate surface area is 120 Å². The number of tetrazole rings is 1. The van der Waals surface area contributed by atoms with Crippen LogP contribution in [-0.2, 0) is 6.54 Å². The third-order valence-electron chi connectivity index (χ3n) is 2.20. The van der Waals surface area contributed by atoms with Crippen LogP contribution in [0.1, 0.15) is 5.56 Å². The molecule has 0 aliphatic rings. The van der Waals surface area contributed by atoms with Crippen molar-refractivity contribution in [2.75, 3.05) is 18.3 Å². The van der Waals surface area contributed by atoms with Crippen LogP contribution in [0.2, 0.25) is 0 Å². The Balaban J connectivity index is 2.21. The number of nitrogens with one attached hydrogen (secondary N) is 1. The van der Waals surface area contributed by atoms with E-state index < -0.39 is 0 Å². The van der Waals surface area contributed by atoms with E-state index in [4.69, 9.17) is 10.5 Å². The highest BCUT2D eigenvalue weighted by Crippen LogP contribution is 2.32. The molecule has 3 N–H and O–H groups in total. The number of nitrogens with two attached hydrogens (primary N) is 1. The van der Waals surface area contributed by atoms with E-state index in [-0.39, 0.29) is 5.95 Å². The van der Waals surface area contributed by atoms with Crippen molar-refractivity contribution in [2.45, 2.75) is 6.54 Å². The molecule has 0 aliphatic carbocycles. The van der Waals surface area contributed by atoms with Crippen LogP contribution in [0.4, 0.5) is 5.95 Å². The zero-order valence-electron chi connectivity index (χ0n) is 9.39. The molecule has 0 spiro atoms. The van der Waals surface area contributed by atoms with Gasteiger partial charge in [-0.3, -0.25) is 0 Å². The summed E-state index contributed by atoms with van der Waals surface area (Å²) in [4.78, 5) is 1.30. The summed E-state index contributed by atoms with van der Waals surface area (Å²) in [5, 5.41) is 10.7. The van der Waals surface area contributed by atoms with Gasteiger partial charge in [0, 0.05) is 10.0 Å². The molecule has 1 aromatic heterocycles. The Morgan fingerprint density at radius 1 is 1.44 bits per heavy atom. The zero-order valence-corrected chi connectivity index (χ0v) is 12.6. The number of rotatable bonds is 4. The minimum Gasteiger partial charge on any atom is -0.495 e. The lowest BCUT2D eigenvalue weighted by atomic mass is 10.2. The first kappa shape index (κ1) is 13.1. The second-order valence-corrected chi connectivity index (χ2v) is 5.13. The van der Waals surface area contributed by atoms with E-state index in [0.717, 1.165) is 20.3 Å². The molecule has 0 amide bonds. The van der Waals surface area contributed by atoms with Gasteiger partial charge in [0.25, 0.3) is 5.95 Å². The predicted octanol–water partition coefficient (Wildman–Crippen LogP) is 1.53. The van der Waals surface area contributed by atoms with Gasteiger partial charge in [-0.2, -0.15) is 0 Å². The second-order valence-electron chi connectivity index (χ2n) is 3.36. The maximum Gasteiger partial charge on any atom is 0.260 e. The first-order chi connectivity index (χ1) is 8.61. The molecular formula is C9H10Br2N6O. The Bertz CT molecular complexity index is 558. The van der Waals surface area contributed by atoms with Gasteiger partial charge in [-0.25, -0.2) is 0 Å². The van der Waals surface area contributed by atoms with Crippen LogP contribution in [0.15, 0.2) is 21.1 Å². The van der Waals surface area contributed by atoms with Crippen LogP contribution in [0, 0.1) is 0 Å². The molecule has 2 rings (SSSR count). The normalized spacial score (nSPS) is 10.4. The molecular weight excluding hydrogens is 368 g/mol. The van der Waals surface area contributed by atoms with E-state index in [1.807, 2.05) is 12.1 Å². The lowest BCUT2D eigenvalue weighted by Gasteiger charge is -2.12. The number of hydrogen-bond acceptors (Lipinski definition) is 6. The Morgan fingerprint density at radius 3 is 2.83 bits per heavy atom. The number of nitrogen functional groups attached to an aromatic ring is 1. The molecule has 0 fully saturated rings. The molecule has 0 radical (unpaired) electrons. The average molecular weight is 378 g/mol. The van der Waals surface area contributed by atoms with Crippen LogP contribution in [0.3, 0.4) is 0 Å². The molecule has 96 valence electrons. The Hall–Kier alpha value is -1.35. The van der Waals surface area contributed by atoms with Gasteiger partial charge < -0.3 is 15.9 Å². The standard InChI is InChI=1S/C9H10Br2N6O/c1-18-8-5(2-6(10)3-7(8)11)4-13-17-9(12)14-15-16-17/h2-3,13H,4H2,1H3,(H2,12,14,16). The van der Waals surface area contributed by atoms with Crippen LogP contribution in [-0.4, -0.2) is 27.4 Å². The smallest absolute Gasteiger partial charge is 0.260 e. The number of hydrogen-bond donors (Lipinski definition) is 2. The van der Waals surface area contributed by atoms with Gasteiger partial charge in [0.2, 0.25) is 0 Å². The van der Waals surface area contributed by atoms with E-state index >= 15 is 0 Å². The van der Waals surface area contributed by atoms with Gasteiger partial charge in [0.15, 0.2) is 0 Å². The van der Waals surface area contributed by atoms with E-state index in [1.54, 1.807) is 7.11 Å². The number of benzene rings is 1. The highest BCUT2D eigenvalue weighted by Gasteiger charge is 2.10. The molecule has 2 aromatic rings. The number of methoxy groups -OCH3 is 1. The predicted molar refractivity (Wildman–Crippen MR) is 73.7 cm³/mol. The van der Waals surface area contributed by atoms with Crippen LogP contribution in [0.5, 0.6) is 5.75 Å². The summed E-state index contributed by atoms with van der Waals surface area (Å²) in [6, 6.07) is 3.85. The summed E-state index contributed by atoms with van der Waals surface area (Å²) in [6.45, 7) is 0.469. The molecule has 9 heteroatoms. The van der Waals surface area contributed by atoms with Crippen molar-refractivity contribution < 1.29 is 4.74 Å². The molecule has 1 aromatic carbocycles. The largest absolute Gasteiger partial charge is 0.495 e. The van der Waals surface area contributed by atoms with Crippen molar-refractivity contribution in [2.24, 2.45) is 0 Å². The Kier molecular flexibility index (Phi) is 4.02. The number of ether oxygens (including phenoxy) is 1. The average Bonchev–Trinajstić information content (AvgIpc) is 2.71. The van der Waals surface area contributed by atoms with Crippen LogP contribution in [0.25, 0.3) is 0 Å². The van der Waals surface area contributed by atoms with E-state index in [2.05, 4.69) is 52.8 Å². The molecule has 0 bridgehead atoms. The summed E-state index contributed by atoms with van der Waals surface area (Å²) in [7, 11) is 1.61. The van der Waals surface area contributed by atoms with Gasteiger partial charge >= 0.3 is 0 Å². The first-order valence-electron chi connectivity index (χ1n) is 4.91. The lowest BCUT2D eigenvalue weighted by Crippen LogP contribution is -2.18. The van der Waals surface area contributed by atoms with Gasteiger partial charge in [-0.05, 0) is 38.5 Å². The fourth-order valence-electron chi connectivity index (χ4n) is 1.44. The third-order valence-corrected chi connectivity index (χ3v) is 3.25. The SMILES string of the molecule is COc1c(Br)cc(Br)cc1CNn1nnnc1N. The number of halogens is 2. The van der Waals surface area contributed by atoms with Crippen molar-refractivity contribution in [3.63, 3.8) is 0 Å². The van der Waals surface area contributed by atoms with Crippen molar-refractivity contribution >= 4 is 37.8 Å². The molecule has 0 unspecified atom stereocenters. The van der Waals surface area contributed by atoms with Gasteiger partial charge in [-0.15, -0.1) is 4.79 Å². The molecule has 1 heterocycles. The lowest BCUT2D eigenvalue weighted by molar-refractivity contribution is 0.407. The number of nitrogens with zero attached hydrogens (tertiary/aromatic N) is 4. The first-order valence-corrected chi connectivity index (χ1v) is 6.50. The van der Waals surface area contributed by atoms with Crippen molar-refractivity contribution in [1.29, 1.82) is 0 Å². The maximum absolute atomic E-state index is 5.55. The molecule has 0 saturated heterocycles. The molecule has 0 saturated carbocycles. The summed E-state index contributed by atoms with van der Waals surface area (Å²) in [5.74, 6) is 0.945. The van der Waals surface area contributed by atoms with Gasteiger partial charge in [0.1, 0.15) is 5.75 Å². The second kappa shape index (κ2) is 5.53. The van der Waals surface area contributed by atoms with E-state index in [1.165, 1.54) is 4.79 Å². The maximum atomic E-state index is 5.55. The number of anilines is 1. The quantitative estimate of drug-likeness (QED) is 0.839. The van der Waals surface area contributed by atoms with E-state index in [0.29, 0.717) is 6.54 Å². The summed E-state index contributed by atoms with van der Waals surface area (Å²) in [6.07, 6.45) is 0. The van der Waals surface area contributed by atoms with Crippen molar-refractivity contribution in [1.82, 2.24) is 20.3 Å². The molecule has 0 atom stereocenters. The highest BCUT2D eigenvalue weighted by molar-refractivity contribution is 9.11. The summed E-state index contributed by atoms with van der Waals surface area (Å²) >= 11 is 6.86. The Morgan fingerprint density at radius 2 is 2.22 bits per heavy atom. The third kappa shape index (κ3) is 2.72. The zero-order chi connectivity index (χ0) is 13.1. The van der Waals surface area contributed by atoms with Crippen LogP contribution < -0.4 is 15.9 Å². The minimum atomic E-state index is 0.197. The number of aromatic nitrogens is 4. The van der Waals surface area contributed by atoms with Gasteiger partial charge in [0.05, 0.1) is 18.1 Å². The van der Waals surface area contributed by atoms with Crippen molar-refractivity contribution in [3.05, 3.63) is 26.6 Å². The van der Waals surface area contributed by atoms with Crippen LogP contribution >= 0.6 is 31.9 Å². The fourth-order valence-corrected chi connectivity index (χ4v) is 2.92. The molecule has 7 nitrogen and oxygen atoms in total. The molecule has 0 aliphatic heterocycles. The summed E-state index contributed by atoms with van der Waals surface area (Å²) < 4.78 is 7.13. The highest BCUT2D eigenvalue weighted by atomic mass is 79.9. The minimum absolute atomic E-state index is 0.197. The fraction of sp³-hybridized carbons (Fsp3) is 0.222. The topological polar surface area (TPSA) is 90.9 Å².